The van der Waals surface area contributed by atoms with Gasteiger partial charge in [0.05, 0.1) is 0 Å². The molecule has 14 heavy (non-hydrogen) atoms. The van der Waals surface area contributed by atoms with E-state index in [1.54, 1.807) is 0 Å². The molecule has 0 unspecified atom stereocenters. The highest BCUT2D eigenvalue weighted by Gasteiger charge is 2.27. The average molecular weight is 253 g/mol. The lowest BCUT2D eigenvalue weighted by Crippen LogP contribution is -2.22. The van der Waals surface area contributed by atoms with Crippen LogP contribution in [0.4, 0.5) is 0 Å². The SMILES string of the molecule is Cc1ccc(C(=O)C2CCC2)c(Br)c1. The van der Waals surface area contributed by atoms with Crippen molar-refractivity contribution in [2.45, 2.75) is 26.2 Å². The minimum atomic E-state index is 0.286. The first kappa shape index (κ1) is 9.91. The predicted octanol–water partition coefficient (Wildman–Crippen LogP) is 3.74. The maximum absolute atomic E-state index is 11.9. The Hall–Kier alpha value is -0.630. The van der Waals surface area contributed by atoms with Gasteiger partial charge in [0.1, 0.15) is 0 Å². The molecule has 2 heteroatoms. The van der Waals surface area contributed by atoms with E-state index >= 15 is 0 Å². The van der Waals surface area contributed by atoms with E-state index in [4.69, 9.17) is 0 Å². The maximum Gasteiger partial charge on any atom is 0.167 e. The van der Waals surface area contributed by atoms with Crippen molar-refractivity contribution in [2.24, 2.45) is 5.92 Å². The number of benzene rings is 1. The molecule has 0 amide bonds. The lowest BCUT2D eigenvalue weighted by Gasteiger charge is -2.24. The van der Waals surface area contributed by atoms with E-state index in [0.29, 0.717) is 5.78 Å². The second-order valence-corrected chi connectivity index (χ2v) is 4.83. The van der Waals surface area contributed by atoms with E-state index in [-0.39, 0.29) is 5.92 Å². The van der Waals surface area contributed by atoms with E-state index in [1.807, 2.05) is 25.1 Å². The highest BCUT2D eigenvalue weighted by molar-refractivity contribution is 9.10. The van der Waals surface area contributed by atoms with Crippen LogP contribution in [0, 0.1) is 12.8 Å². The zero-order valence-corrected chi connectivity index (χ0v) is 9.80. The Morgan fingerprint density at radius 3 is 2.64 bits per heavy atom. The van der Waals surface area contributed by atoms with Gasteiger partial charge in [-0.1, -0.05) is 28.4 Å². The fourth-order valence-corrected chi connectivity index (χ4v) is 2.40. The Morgan fingerprint density at radius 2 is 2.14 bits per heavy atom. The van der Waals surface area contributed by atoms with Crippen LogP contribution in [0.5, 0.6) is 0 Å². The van der Waals surface area contributed by atoms with E-state index in [2.05, 4.69) is 15.9 Å². The zero-order chi connectivity index (χ0) is 10.1. The molecule has 1 nitrogen and oxygen atoms in total. The number of hydrogen-bond acceptors (Lipinski definition) is 1. The van der Waals surface area contributed by atoms with Crippen molar-refractivity contribution in [3.05, 3.63) is 33.8 Å². The number of Topliss-reactive ketones (excluding diaryl/α,β-unsaturated/α-hetero) is 1. The summed E-state index contributed by atoms with van der Waals surface area (Å²) < 4.78 is 0.939. The molecule has 0 spiro atoms. The third-order valence-corrected chi connectivity index (χ3v) is 3.52. The molecule has 0 aromatic heterocycles. The predicted molar refractivity (Wildman–Crippen MR) is 60.6 cm³/mol. The summed E-state index contributed by atoms with van der Waals surface area (Å²) in [5.41, 5.74) is 2.03. The fraction of sp³-hybridized carbons (Fsp3) is 0.417. The molecule has 2 rings (SSSR count). The monoisotopic (exact) mass is 252 g/mol. The molecular weight excluding hydrogens is 240 g/mol. The van der Waals surface area contributed by atoms with Crippen molar-refractivity contribution in [3.63, 3.8) is 0 Å². The Kier molecular flexibility index (Phi) is 2.73. The van der Waals surface area contributed by atoms with E-state index in [1.165, 1.54) is 12.0 Å². The molecule has 0 aliphatic heterocycles. The molecule has 1 aliphatic rings. The molecule has 1 aromatic rings. The molecule has 74 valence electrons. The lowest BCUT2D eigenvalue weighted by atomic mass is 9.80. The van der Waals surface area contributed by atoms with Crippen molar-refractivity contribution in [1.29, 1.82) is 0 Å². The van der Waals surface area contributed by atoms with Gasteiger partial charge < -0.3 is 0 Å². The van der Waals surface area contributed by atoms with Crippen molar-refractivity contribution in [2.75, 3.05) is 0 Å². The van der Waals surface area contributed by atoms with Gasteiger partial charge in [-0.05, 0) is 37.5 Å². The maximum atomic E-state index is 11.9. The van der Waals surface area contributed by atoms with Crippen molar-refractivity contribution in [1.82, 2.24) is 0 Å². The fourth-order valence-electron chi connectivity index (χ4n) is 1.71. The van der Waals surface area contributed by atoms with Crippen LogP contribution in [0.25, 0.3) is 0 Å². The third kappa shape index (κ3) is 1.76. The number of aryl methyl sites for hydroxylation is 1. The van der Waals surface area contributed by atoms with Gasteiger partial charge in [0.25, 0.3) is 0 Å². The third-order valence-electron chi connectivity index (χ3n) is 2.87. The van der Waals surface area contributed by atoms with Crippen molar-refractivity contribution < 1.29 is 4.79 Å². The molecule has 1 fully saturated rings. The molecule has 1 aromatic carbocycles. The molecule has 0 heterocycles. The van der Waals surface area contributed by atoms with Gasteiger partial charge in [0, 0.05) is 16.0 Å². The van der Waals surface area contributed by atoms with Crippen LogP contribution in [0.3, 0.4) is 0 Å². The second-order valence-electron chi connectivity index (χ2n) is 3.98. The van der Waals surface area contributed by atoms with E-state index < -0.39 is 0 Å². The molecule has 1 aliphatic carbocycles. The van der Waals surface area contributed by atoms with Crippen LogP contribution in [0.15, 0.2) is 22.7 Å². The summed E-state index contributed by atoms with van der Waals surface area (Å²) in [4.78, 5) is 11.9. The van der Waals surface area contributed by atoms with Crippen LogP contribution in [-0.2, 0) is 0 Å². The number of rotatable bonds is 2. The Morgan fingerprint density at radius 1 is 1.43 bits per heavy atom. The minimum absolute atomic E-state index is 0.286. The van der Waals surface area contributed by atoms with E-state index in [0.717, 1.165) is 22.9 Å². The number of hydrogen-bond donors (Lipinski definition) is 0. The highest BCUT2D eigenvalue weighted by Crippen LogP contribution is 2.32. The van der Waals surface area contributed by atoms with Crippen LogP contribution in [-0.4, -0.2) is 5.78 Å². The molecule has 0 N–H and O–H groups in total. The van der Waals surface area contributed by atoms with Gasteiger partial charge in [-0.15, -0.1) is 0 Å². The van der Waals surface area contributed by atoms with Crippen LogP contribution < -0.4 is 0 Å². The lowest BCUT2D eigenvalue weighted by molar-refractivity contribution is 0.0854. The molecule has 0 radical (unpaired) electrons. The normalized spacial score (nSPS) is 16.4. The summed E-state index contributed by atoms with van der Waals surface area (Å²) in [5.74, 6) is 0.595. The first-order chi connectivity index (χ1) is 6.68. The van der Waals surface area contributed by atoms with Gasteiger partial charge in [-0.2, -0.15) is 0 Å². The topological polar surface area (TPSA) is 17.1 Å². The zero-order valence-electron chi connectivity index (χ0n) is 8.22. The molecule has 1 saturated carbocycles. The van der Waals surface area contributed by atoms with Crippen molar-refractivity contribution in [3.8, 4) is 0 Å². The van der Waals surface area contributed by atoms with E-state index in [9.17, 15) is 4.79 Å². The van der Waals surface area contributed by atoms with Gasteiger partial charge >= 0.3 is 0 Å². The summed E-state index contributed by atoms with van der Waals surface area (Å²) in [5, 5.41) is 0. The highest BCUT2D eigenvalue weighted by atomic mass is 79.9. The Labute approximate surface area is 92.6 Å². The van der Waals surface area contributed by atoms with Gasteiger partial charge in [0.2, 0.25) is 0 Å². The second kappa shape index (κ2) is 3.85. The van der Waals surface area contributed by atoms with Crippen LogP contribution in [0.1, 0.15) is 35.2 Å². The first-order valence-corrected chi connectivity index (χ1v) is 5.78. The molecular formula is C12H13BrO. The number of ketones is 1. The minimum Gasteiger partial charge on any atom is -0.294 e. The van der Waals surface area contributed by atoms with Gasteiger partial charge in [0.15, 0.2) is 5.78 Å². The standard InChI is InChI=1S/C12H13BrO/c1-8-5-6-10(11(13)7-8)12(14)9-3-2-4-9/h5-7,9H,2-4H2,1H3. The molecule has 0 saturated heterocycles. The van der Waals surface area contributed by atoms with Crippen LogP contribution >= 0.6 is 15.9 Å². The number of carbonyl (C=O) groups is 1. The molecule has 0 atom stereocenters. The quantitative estimate of drug-likeness (QED) is 0.734. The van der Waals surface area contributed by atoms with Gasteiger partial charge in [-0.25, -0.2) is 0 Å². The average Bonchev–Trinajstić information content (AvgIpc) is 2.00. The molecule has 0 bridgehead atoms. The summed E-state index contributed by atoms with van der Waals surface area (Å²) >= 11 is 3.45. The first-order valence-electron chi connectivity index (χ1n) is 4.99. The van der Waals surface area contributed by atoms with Crippen molar-refractivity contribution >= 4 is 21.7 Å². The van der Waals surface area contributed by atoms with Crippen LogP contribution in [0.2, 0.25) is 0 Å². The summed E-state index contributed by atoms with van der Waals surface area (Å²) in [6.45, 7) is 2.03. The Balaban J connectivity index is 2.26. The smallest absolute Gasteiger partial charge is 0.167 e. The summed E-state index contributed by atoms with van der Waals surface area (Å²) in [7, 11) is 0. The summed E-state index contributed by atoms with van der Waals surface area (Å²) in [6, 6.07) is 5.93. The largest absolute Gasteiger partial charge is 0.294 e. The summed E-state index contributed by atoms with van der Waals surface area (Å²) in [6.07, 6.45) is 3.35. The number of halogens is 1. The Bertz CT molecular complexity index is 367. The number of carbonyl (C=O) groups excluding carboxylic acids is 1. The van der Waals surface area contributed by atoms with Gasteiger partial charge in [-0.3, -0.25) is 4.79 Å².